The fraction of sp³-hybridized carbons (Fsp3) is 0.294. The molecule has 0 bridgehead atoms. The molecule has 138 valence electrons. The van der Waals surface area contributed by atoms with Gasteiger partial charge in [0.1, 0.15) is 0 Å². The van der Waals surface area contributed by atoms with Gasteiger partial charge in [-0.05, 0) is 0 Å². The number of rotatable bonds is 4. The molecule has 0 radical (unpaired) electrons. The zero-order valence-electron chi connectivity index (χ0n) is 14.2. The second-order valence-corrected chi connectivity index (χ2v) is 12.9. The third kappa shape index (κ3) is 14.2. The molecule has 25 heavy (non-hydrogen) atoms. The van der Waals surface area contributed by atoms with E-state index in [9.17, 15) is 25.2 Å². The van der Waals surface area contributed by atoms with E-state index in [4.69, 9.17) is 0 Å². The molecule has 2 rings (SSSR count). The standard InChI is InChI=1S/C10H13.C7H7.F6P.In/c1-9(2)8-10-6-4-3-5-7-10;1-7-5-3-2-4-6-7;1-7(2,3,4,5)6;/h4-7,9H,8H2,1-2H3;3-6H,1H3;;/q;;-1;+1. The molecule has 0 saturated heterocycles. The average molecular weight is 484 g/mol. The summed E-state index contributed by atoms with van der Waals surface area (Å²) in [5.74, 6) is 0.745. The van der Waals surface area contributed by atoms with E-state index in [1.807, 2.05) is 0 Å². The van der Waals surface area contributed by atoms with Crippen molar-refractivity contribution in [1.29, 1.82) is 0 Å². The third-order valence-electron chi connectivity index (χ3n) is 3.03. The van der Waals surface area contributed by atoms with Crippen LogP contribution in [0.15, 0.2) is 48.5 Å². The first kappa shape index (κ1) is 22.4. The molecule has 0 aliphatic carbocycles. The van der Waals surface area contributed by atoms with E-state index in [1.54, 1.807) is 6.64 Å². The molecule has 0 aromatic heterocycles. The van der Waals surface area contributed by atoms with Crippen LogP contribution in [0.3, 0.4) is 0 Å². The molecule has 0 amide bonds. The van der Waals surface area contributed by atoms with Crippen LogP contribution in [0.25, 0.3) is 0 Å². The summed E-state index contributed by atoms with van der Waals surface area (Å²) in [4.78, 5) is 0. The molecule has 0 heterocycles. The van der Waals surface area contributed by atoms with Crippen LogP contribution in [0.5, 0.6) is 0 Å². The van der Waals surface area contributed by atoms with Crippen molar-refractivity contribution in [2.45, 2.75) is 27.2 Å². The Kier molecular flexibility index (Phi) is 6.72. The van der Waals surface area contributed by atoms with Crippen LogP contribution in [-0.2, 0) is 6.42 Å². The van der Waals surface area contributed by atoms with E-state index < -0.39 is 30.7 Å². The summed E-state index contributed by atoms with van der Waals surface area (Å²) in [6.07, 6.45) is 1.19. The van der Waals surface area contributed by atoms with E-state index in [2.05, 4.69) is 69.3 Å². The predicted molar refractivity (Wildman–Crippen MR) is 94.8 cm³/mol. The summed E-state index contributed by atoms with van der Waals surface area (Å²) >= 11 is -0.780. The molecule has 0 unspecified atom stereocenters. The van der Waals surface area contributed by atoms with Gasteiger partial charge in [0.05, 0.1) is 0 Å². The number of aryl methyl sites for hydroxylation is 1. The van der Waals surface area contributed by atoms with Gasteiger partial charge in [0.25, 0.3) is 0 Å². The Labute approximate surface area is 155 Å². The Morgan fingerprint density at radius 3 is 1.48 bits per heavy atom. The van der Waals surface area contributed by atoms with Gasteiger partial charge in [-0.15, -0.1) is 0 Å². The molecule has 0 fully saturated rings. The van der Waals surface area contributed by atoms with E-state index in [1.165, 1.54) is 17.5 Å². The first-order valence-corrected chi connectivity index (χ1v) is 13.0. The van der Waals surface area contributed by atoms with Crippen molar-refractivity contribution in [3.05, 3.63) is 59.7 Å². The minimum absolute atomic E-state index is 0.745. The van der Waals surface area contributed by atoms with Crippen LogP contribution in [-0.4, -0.2) is 22.9 Å². The van der Waals surface area contributed by atoms with Crippen molar-refractivity contribution in [1.82, 2.24) is 0 Å². The summed E-state index contributed by atoms with van der Waals surface area (Å²) in [6.45, 7) is 6.70. The van der Waals surface area contributed by atoms with Crippen molar-refractivity contribution in [2.75, 3.05) is 0 Å². The van der Waals surface area contributed by atoms with Crippen LogP contribution in [0, 0.1) is 12.8 Å². The number of hydrogen-bond donors (Lipinski definition) is 0. The van der Waals surface area contributed by atoms with Crippen LogP contribution < -0.4 is 6.64 Å². The molecular formula is C17H20F6InP. The summed E-state index contributed by atoms with van der Waals surface area (Å²) in [5.41, 5.74) is 2.83. The SMILES string of the molecule is Cc1cc[c]([In+][c]2ccc(CC(C)C)cc2)cc1.F[P-](F)(F)(F)(F)F. The Morgan fingerprint density at radius 1 is 0.760 bits per heavy atom. The van der Waals surface area contributed by atoms with Crippen LogP contribution in [0.2, 0.25) is 0 Å². The van der Waals surface area contributed by atoms with Crippen molar-refractivity contribution in [2.24, 2.45) is 5.92 Å². The quantitative estimate of drug-likeness (QED) is 0.357. The van der Waals surface area contributed by atoms with E-state index >= 15 is 0 Å². The second-order valence-electron chi connectivity index (χ2n) is 6.35. The molecule has 2 aromatic carbocycles. The normalized spacial score (nSPS) is 14.0. The molecule has 0 spiro atoms. The van der Waals surface area contributed by atoms with Gasteiger partial charge in [-0.2, -0.15) is 0 Å². The first-order valence-electron chi connectivity index (χ1n) is 7.65. The van der Waals surface area contributed by atoms with Gasteiger partial charge < -0.3 is 0 Å². The predicted octanol–water partition coefficient (Wildman–Crippen LogP) is 6.23. The van der Waals surface area contributed by atoms with Gasteiger partial charge in [-0.1, -0.05) is 0 Å². The van der Waals surface area contributed by atoms with Crippen molar-refractivity contribution < 1.29 is 25.2 Å². The molecule has 2 aromatic rings. The summed E-state index contributed by atoms with van der Waals surface area (Å²) in [6, 6.07) is 18.4. The van der Waals surface area contributed by atoms with Crippen LogP contribution in [0.4, 0.5) is 25.2 Å². The molecule has 0 nitrogen and oxygen atoms in total. The van der Waals surface area contributed by atoms with Gasteiger partial charge in [0, 0.05) is 0 Å². The molecule has 0 aliphatic rings. The molecule has 0 saturated carbocycles. The van der Waals surface area contributed by atoms with Gasteiger partial charge in [0.2, 0.25) is 0 Å². The molecule has 0 aliphatic heterocycles. The van der Waals surface area contributed by atoms with E-state index in [0.717, 1.165) is 5.92 Å². The zero-order chi connectivity index (χ0) is 19.4. The maximum absolute atomic E-state index is 10.7. The second kappa shape index (κ2) is 7.51. The summed E-state index contributed by atoms with van der Waals surface area (Å²) in [5, 5.41) is 0. The molecule has 0 atom stereocenters. The fourth-order valence-electron chi connectivity index (χ4n) is 2.08. The van der Waals surface area contributed by atoms with Gasteiger partial charge in [0.15, 0.2) is 0 Å². The fourth-order valence-corrected chi connectivity index (χ4v) is 5.37. The number of hydrogen-bond acceptors (Lipinski definition) is 0. The van der Waals surface area contributed by atoms with Gasteiger partial charge in [-0.3, -0.25) is 0 Å². The van der Waals surface area contributed by atoms with Crippen molar-refractivity contribution in [3.8, 4) is 0 Å². The zero-order valence-corrected chi connectivity index (χ0v) is 18.4. The molecule has 0 N–H and O–H groups in total. The first-order chi connectivity index (χ1) is 11.1. The van der Waals surface area contributed by atoms with E-state index in [-0.39, 0.29) is 0 Å². The van der Waals surface area contributed by atoms with E-state index in [0.29, 0.717) is 0 Å². The minimum atomic E-state index is -10.7. The number of benzene rings is 2. The third-order valence-corrected chi connectivity index (χ3v) is 7.13. The topological polar surface area (TPSA) is 0 Å². The summed E-state index contributed by atoms with van der Waals surface area (Å²) in [7, 11) is -10.7. The maximum atomic E-state index is 9.87. The average Bonchev–Trinajstić information content (AvgIpc) is 2.39. The van der Waals surface area contributed by atoms with Gasteiger partial charge in [-0.25, -0.2) is 0 Å². The van der Waals surface area contributed by atoms with Crippen molar-refractivity contribution in [3.63, 3.8) is 0 Å². The Morgan fingerprint density at radius 2 is 1.12 bits per heavy atom. The molecule has 8 heteroatoms. The molecular weight excluding hydrogens is 464 g/mol. The Hall–Kier alpha value is -0.680. The number of halogens is 6. The van der Waals surface area contributed by atoms with Crippen LogP contribution in [0.1, 0.15) is 25.0 Å². The monoisotopic (exact) mass is 484 g/mol. The van der Waals surface area contributed by atoms with Gasteiger partial charge >= 0.3 is 155 Å². The van der Waals surface area contributed by atoms with Crippen LogP contribution >= 0.6 is 7.81 Å². The van der Waals surface area contributed by atoms with Crippen molar-refractivity contribution >= 4 is 37.4 Å². The Bertz CT molecular complexity index is 664. The Balaban J connectivity index is 0.000000381. The summed E-state index contributed by atoms with van der Waals surface area (Å²) < 4.78 is 62.4.